The average Bonchev–Trinajstić information content (AvgIpc) is 2.98. The summed E-state index contributed by atoms with van der Waals surface area (Å²) in [4.78, 5) is 35.3. The van der Waals surface area contributed by atoms with Gasteiger partial charge in [-0.15, -0.1) is 11.8 Å². The average molecular weight is 428 g/mol. The maximum Gasteiger partial charge on any atom is 0.412 e. The molecule has 0 bridgehead atoms. The molecule has 2 rings (SSSR count). The van der Waals surface area contributed by atoms with E-state index < -0.39 is 29.7 Å². The minimum absolute atomic E-state index is 0.365. The molecule has 0 fully saturated rings. The number of ether oxygens (including phenoxy) is 1. The molecule has 0 radical (unpaired) electrons. The number of hydrogen-bond donors (Lipinski definition) is 4. The van der Waals surface area contributed by atoms with Crippen molar-refractivity contribution < 1.29 is 24.2 Å². The van der Waals surface area contributed by atoms with E-state index in [-0.39, 0.29) is 5.25 Å². The van der Waals surface area contributed by atoms with Crippen LogP contribution < -0.4 is 16.0 Å². The minimum atomic E-state index is -1.13. The summed E-state index contributed by atoms with van der Waals surface area (Å²) in [7, 11) is 0. The summed E-state index contributed by atoms with van der Waals surface area (Å²) >= 11 is 7.08. The molecule has 1 aliphatic heterocycles. The predicted molar refractivity (Wildman–Crippen MR) is 110 cm³/mol. The zero-order chi connectivity index (χ0) is 20.9. The molecule has 0 saturated carbocycles. The number of thioether (sulfide) groups is 1. The van der Waals surface area contributed by atoms with Crippen LogP contribution in [-0.4, -0.2) is 40.1 Å². The number of rotatable bonds is 5. The van der Waals surface area contributed by atoms with E-state index in [0.717, 1.165) is 0 Å². The Hall–Kier alpha value is -2.39. The van der Waals surface area contributed by atoms with E-state index in [1.807, 2.05) is 0 Å². The molecule has 0 spiro atoms. The van der Waals surface area contributed by atoms with E-state index in [4.69, 9.17) is 16.3 Å². The lowest BCUT2D eigenvalue weighted by molar-refractivity contribution is -0.139. The highest BCUT2D eigenvalue weighted by Crippen LogP contribution is 2.36. The Balaban J connectivity index is 1.89. The summed E-state index contributed by atoms with van der Waals surface area (Å²) in [5.41, 5.74) is 0.320. The normalized spacial score (nSPS) is 17.3. The molecule has 28 heavy (non-hydrogen) atoms. The Kier molecular flexibility index (Phi) is 7.20. The van der Waals surface area contributed by atoms with Crippen molar-refractivity contribution in [2.24, 2.45) is 0 Å². The first-order chi connectivity index (χ1) is 13.0. The summed E-state index contributed by atoms with van der Waals surface area (Å²) < 4.78 is 5.68. The third-order valence-corrected chi connectivity index (χ3v) is 5.07. The van der Waals surface area contributed by atoms with E-state index in [9.17, 15) is 19.5 Å². The van der Waals surface area contributed by atoms with E-state index in [2.05, 4.69) is 16.0 Å². The van der Waals surface area contributed by atoms with Crippen molar-refractivity contribution in [3.05, 3.63) is 34.7 Å². The van der Waals surface area contributed by atoms with Crippen LogP contribution in [0.3, 0.4) is 0 Å². The van der Waals surface area contributed by atoms with Crippen molar-refractivity contribution in [1.82, 2.24) is 5.32 Å². The number of carboxylic acid groups (broad SMARTS) is 1. The highest BCUT2D eigenvalue weighted by atomic mass is 35.5. The second kappa shape index (κ2) is 9.20. The summed E-state index contributed by atoms with van der Waals surface area (Å²) in [6, 6.07) is 4.60. The molecule has 1 heterocycles. The van der Waals surface area contributed by atoms with Gasteiger partial charge in [0.25, 0.3) is 0 Å². The van der Waals surface area contributed by atoms with Gasteiger partial charge >= 0.3 is 18.1 Å². The van der Waals surface area contributed by atoms with Crippen molar-refractivity contribution in [2.75, 3.05) is 10.6 Å². The van der Waals surface area contributed by atoms with Gasteiger partial charge in [0.2, 0.25) is 0 Å². The van der Waals surface area contributed by atoms with Crippen molar-refractivity contribution in [2.45, 2.75) is 44.1 Å². The van der Waals surface area contributed by atoms with Gasteiger partial charge in [-0.1, -0.05) is 17.7 Å². The third-order valence-electron chi connectivity index (χ3n) is 3.49. The quantitative estimate of drug-likeness (QED) is 0.559. The molecule has 2 atom stereocenters. The molecule has 152 valence electrons. The number of allylic oxidation sites excluding steroid dienone is 1. The van der Waals surface area contributed by atoms with Crippen LogP contribution in [0.2, 0.25) is 0 Å². The molecule has 1 aromatic rings. The van der Waals surface area contributed by atoms with Crippen LogP contribution in [0, 0.1) is 0 Å². The smallest absolute Gasteiger partial charge is 0.412 e. The topological polar surface area (TPSA) is 117 Å². The Bertz CT molecular complexity index is 776. The van der Waals surface area contributed by atoms with Gasteiger partial charge in [0, 0.05) is 16.6 Å². The maximum absolute atomic E-state index is 12.2. The van der Waals surface area contributed by atoms with Crippen LogP contribution in [0.15, 0.2) is 34.7 Å². The highest BCUT2D eigenvalue weighted by Gasteiger charge is 2.33. The summed E-state index contributed by atoms with van der Waals surface area (Å²) in [6.45, 7) is 5.28. The van der Waals surface area contributed by atoms with Crippen molar-refractivity contribution >= 4 is 52.8 Å². The van der Waals surface area contributed by atoms with Crippen LogP contribution in [0.25, 0.3) is 0 Å². The number of benzene rings is 1. The Morgan fingerprint density at radius 1 is 1.18 bits per heavy atom. The van der Waals surface area contributed by atoms with E-state index in [0.29, 0.717) is 22.2 Å². The number of halogens is 1. The Morgan fingerprint density at radius 2 is 1.75 bits per heavy atom. The number of aliphatic carboxylic acids is 1. The molecule has 0 saturated heterocycles. The van der Waals surface area contributed by atoms with Gasteiger partial charge in [0.05, 0.1) is 4.36 Å². The van der Waals surface area contributed by atoms with Crippen LogP contribution in [0.1, 0.15) is 27.2 Å². The number of carbonyl (C=O) groups excluding carboxylic acids is 2. The molecule has 3 amide bonds. The predicted octanol–water partition coefficient (Wildman–Crippen LogP) is 4.19. The number of anilines is 2. The maximum atomic E-state index is 12.2. The molecule has 0 aromatic heterocycles. The number of carboxylic acids is 1. The molecule has 8 nitrogen and oxygen atoms in total. The van der Waals surface area contributed by atoms with Crippen LogP contribution in [-0.2, 0) is 9.53 Å². The van der Waals surface area contributed by atoms with E-state index in [1.54, 1.807) is 51.1 Å². The first-order valence-corrected chi connectivity index (χ1v) is 9.72. The van der Waals surface area contributed by atoms with Crippen LogP contribution >= 0.6 is 23.4 Å². The van der Waals surface area contributed by atoms with E-state index >= 15 is 0 Å². The second-order valence-corrected chi connectivity index (χ2v) is 8.93. The van der Waals surface area contributed by atoms with Gasteiger partial charge < -0.3 is 20.5 Å². The van der Waals surface area contributed by atoms with Gasteiger partial charge in [-0.3, -0.25) is 5.32 Å². The fourth-order valence-electron chi connectivity index (χ4n) is 2.33. The molecule has 1 aromatic carbocycles. The largest absolute Gasteiger partial charge is 0.480 e. The minimum Gasteiger partial charge on any atom is -0.480 e. The fraction of sp³-hybridized carbons (Fsp3) is 0.389. The zero-order valence-corrected chi connectivity index (χ0v) is 17.2. The molecule has 4 N–H and O–H groups in total. The molecule has 10 heteroatoms. The first kappa shape index (κ1) is 21.9. The van der Waals surface area contributed by atoms with Crippen molar-refractivity contribution in [1.29, 1.82) is 0 Å². The SMILES string of the molecule is CC(C)(C)OC(=O)Nc1ccc(NC(=O)NC(C(=O)O)C2CC=C(Cl)S2)cc1. The molecule has 1 aliphatic rings. The standard InChI is InChI=1S/C18H22ClN3O5S/c1-18(2,3)27-17(26)21-11-6-4-10(5-7-11)20-16(25)22-14(15(23)24)12-8-9-13(19)28-12/h4-7,9,12,14H,8H2,1-3H3,(H,21,26)(H,23,24)(H2,20,22,25). The zero-order valence-electron chi connectivity index (χ0n) is 15.6. The highest BCUT2D eigenvalue weighted by molar-refractivity contribution is 8.05. The number of amides is 3. The molecular weight excluding hydrogens is 406 g/mol. The van der Waals surface area contributed by atoms with Crippen LogP contribution in [0.4, 0.5) is 21.0 Å². The lowest BCUT2D eigenvalue weighted by Crippen LogP contribution is -2.48. The third kappa shape index (κ3) is 6.97. The van der Waals surface area contributed by atoms with Gasteiger partial charge in [-0.05, 0) is 51.5 Å². The number of nitrogens with one attached hydrogen (secondary N) is 3. The van der Waals surface area contributed by atoms with Gasteiger partial charge in [-0.25, -0.2) is 14.4 Å². The van der Waals surface area contributed by atoms with Crippen molar-refractivity contribution in [3.63, 3.8) is 0 Å². The molecular formula is C18H22ClN3O5S. The molecule has 2 unspecified atom stereocenters. The number of urea groups is 1. The first-order valence-electron chi connectivity index (χ1n) is 8.46. The fourth-order valence-corrected chi connectivity index (χ4v) is 3.76. The van der Waals surface area contributed by atoms with Crippen molar-refractivity contribution in [3.8, 4) is 0 Å². The lowest BCUT2D eigenvalue weighted by Gasteiger charge is -2.20. The Labute approximate surface area is 172 Å². The monoisotopic (exact) mass is 427 g/mol. The Morgan fingerprint density at radius 3 is 2.21 bits per heavy atom. The van der Waals surface area contributed by atoms with Gasteiger partial charge in [0.1, 0.15) is 11.6 Å². The second-order valence-electron chi connectivity index (χ2n) is 7.02. The molecule has 0 aliphatic carbocycles. The number of carbonyl (C=O) groups is 3. The summed E-state index contributed by atoms with van der Waals surface area (Å²) in [5.74, 6) is -1.13. The van der Waals surface area contributed by atoms with Gasteiger partial charge in [0.15, 0.2) is 0 Å². The van der Waals surface area contributed by atoms with Crippen LogP contribution in [0.5, 0.6) is 0 Å². The summed E-state index contributed by atoms with van der Waals surface area (Å²) in [5, 5.41) is 16.6. The summed E-state index contributed by atoms with van der Waals surface area (Å²) in [6.07, 6.45) is 1.60. The van der Waals surface area contributed by atoms with Gasteiger partial charge in [-0.2, -0.15) is 0 Å². The lowest BCUT2D eigenvalue weighted by atomic mass is 10.1. The number of hydrogen-bond acceptors (Lipinski definition) is 5. The van der Waals surface area contributed by atoms with E-state index in [1.165, 1.54) is 11.8 Å².